The quantitative estimate of drug-likeness (QED) is 0.725. The summed E-state index contributed by atoms with van der Waals surface area (Å²) in [6.45, 7) is 5.48. The summed E-state index contributed by atoms with van der Waals surface area (Å²) in [6, 6.07) is 8.95. The second-order valence-electron chi connectivity index (χ2n) is 7.76. The Morgan fingerprint density at radius 1 is 1.21 bits per heavy atom. The number of piperidine rings is 1. The highest BCUT2D eigenvalue weighted by Crippen LogP contribution is 2.27. The van der Waals surface area contributed by atoms with E-state index in [1.54, 1.807) is 0 Å². The number of pyridine rings is 1. The lowest BCUT2D eigenvalue weighted by Gasteiger charge is -2.36. The zero-order chi connectivity index (χ0) is 20.8. The lowest BCUT2D eigenvalue weighted by molar-refractivity contribution is 0.0650. The average Bonchev–Trinajstić information content (AvgIpc) is 2.75. The molecule has 2 aliphatic rings. The molecule has 0 aliphatic carbocycles. The van der Waals surface area contributed by atoms with Crippen LogP contribution in [-0.2, 0) is 4.74 Å². The number of hydrogen-bond acceptors (Lipinski definition) is 6. The number of nitrogens with zero attached hydrogens (tertiary/aromatic N) is 2. The SMILES string of the molecule is CN.Cc1ccc2nc(N3CCC(NC4CCCOC4)CC3)c(C(N)=O)cc2c1.[HH]. The van der Waals surface area contributed by atoms with Crippen molar-refractivity contribution in [2.24, 2.45) is 11.5 Å². The van der Waals surface area contributed by atoms with E-state index in [9.17, 15) is 4.79 Å². The second kappa shape index (κ2) is 10.0. The third-order valence-electron chi connectivity index (χ3n) is 5.64. The number of benzene rings is 1. The van der Waals surface area contributed by atoms with E-state index in [0.717, 1.165) is 67.8 Å². The molecule has 2 aromatic rings. The molecule has 2 saturated heterocycles. The standard InChI is InChI=1S/C21H28N4O2.CH5N.H2/c1-14-4-5-19-15(11-14)12-18(20(22)26)21(24-19)25-8-6-16(7-9-25)23-17-3-2-10-27-13-17;1-2;/h4-5,11-12,16-17,23H,2-3,6-10,13H2,1H3,(H2,22,26);2H2,1H3;1H. The van der Waals surface area contributed by atoms with Crippen LogP contribution < -0.4 is 21.7 Å². The van der Waals surface area contributed by atoms with E-state index in [1.165, 1.54) is 13.5 Å². The third-order valence-corrected chi connectivity index (χ3v) is 5.64. The number of anilines is 1. The highest BCUT2D eigenvalue weighted by molar-refractivity contribution is 6.01. The van der Waals surface area contributed by atoms with E-state index < -0.39 is 5.91 Å². The van der Waals surface area contributed by atoms with Gasteiger partial charge in [-0.2, -0.15) is 0 Å². The molecule has 1 amide bonds. The smallest absolute Gasteiger partial charge is 0.252 e. The summed E-state index contributed by atoms with van der Waals surface area (Å²) in [5, 5.41) is 4.70. The van der Waals surface area contributed by atoms with Crippen LogP contribution in [0.5, 0.6) is 0 Å². The first kappa shape index (κ1) is 21.5. The summed E-state index contributed by atoms with van der Waals surface area (Å²) in [5.74, 6) is 0.304. The fourth-order valence-electron chi connectivity index (χ4n) is 4.17. The molecular formula is C22H35N5O2. The van der Waals surface area contributed by atoms with Crippen LogP contribution in [0.2, 0.25) is 0 Å². The predicted molar refractivity (Wildman–Crippen MR) is 119 cm³/mol. The summed E-state index contributed by atoms with van der Waals surface area (Å²) in [4.78, 5) is 19.0. The summed E-state index contributed by atoms with van der Waals surface area (Å²) >= 11 is 0. The maximum atomic E-state index is 12.0. The number of aromatic nitrogens is 1. The van der Waals surface area contributed by atoms with Crippen molar-refractivity contribution in [1.29, 1.82) is 0 Å². The molecule has 4 rings (SSSR count). The Bertz CT molecular complexity index is 834. The van der Waals surface area contributed by atoms with Crippen LogP contribution >= 0.6 is 0 Å². The Labute approximate surface area is 174 Å². The molecule has 5 N–H and O–H groups in total. The number of amides is 1. The van der Waals surface area contributed by atoms with Crippen LogP contribution in [-0.4, -0.2) is 56.3 Å². The Morgan fingerprint density at radius 3 is 2.62 bits per heavy atom. The number of nitrogens with two attached hydrogens (primary N) is 2. The van der Waals surface area contributed by atoms with Crippen molar-refractivity contribution in [1.82, 2.24) is 10.3 Å². The van der Waals surface area contributed by atoms with Crippen LogP contribution in [0.25, 0.3) is 10.9 Å². The fourth-order valence-corrected chi connectivity index (χ4v) is 4.17. The molecule has 2 aliphatic heterocycles. The highest BCUT2D eigenvalue weighted by Gasteiger charge is 2.26. The number of fused-ring (bicyclic) bond motifs is 1. The number of carbonyl (C=O) groups is 1. The second-order valence-corrected chi connectivity index (χ2v) is 7.76. The lowest BCUT2D eigenvalue weighted by Crippen LogP contribution is -2.49. The molecule has 0 spiro atoms. The number of ether oxygens (including phenoxy) is 1. The van der Waals surface area contributed by atoms with Gasteiger partial charge in [-0.25, -0.2) is 4.98 Å². The number of aryl methyl sites for hydroxylation is 1. The summed E-state index contributed by atoms with van der Waals surface area (Å²) in [6.07, 6.45) is 4.39. The zero-order valence-electron chi connectivity index (χ0n) is 17.5. The minimum Gasteiger partial charge on any atom is -0.380 e. The Kier molecular flexibility index (Phi) is 7.41. The largest absolute Gasteiger partial charge is 0.380 e. The minimum absolute atomic E-state index is 0. The topological polar surface area (TPSA) is 106 Å². The monoisotopic (exact) mass is 401 g/mol. The summed E-state index contributed by atoms with van der Waals surface area (Å²) < 4.78 is 5.57. The first-order valence-electron chi connectivity index (χ1n) is 10.5. The predicted octanol–water partition coefficient (Wildman–Crippen LogP) is 2.20. The third kappa shape index (κ3) is 5.23. The molecule has 2 fully saturated rings. The normalized spacial score (nSPS) is 20.2. The van der Waals surface area contributed by atoms with Crippen molar-refractivity contribution in [3.63, 3.8) is 0 Å². The van der Waals surface area contributed by atoms with Crippen molar-refractivity contribution in [3.8, 4) is 0 Å². The van der Waals surface area contributed by atoms with Crippen molar-refractivity contribution in [2.75, 3.05) is 38.3 Å². The van der Waals surface area contributed by atoms with E-state index in [4.69, 9.17) is 15.5 Å². The average molecular weight is 402 g/mol. The van der Waals surface area contributed by atoms with Crippen molar-refractivity contribution in [3.05, 3.63) is 35.4 Å². The Morgan fingerprint density at radius 2 is 1.97 bits per heavy atom. The Balaban J connectivity index is 0.00000104. The molecule has 160 valence electrons. The molecule has 1 aromatic carbocycles. The summed E-state index contributed by atoms with van der Waals surface area (Å²) in [5.41, 5.74) is 12.7. The van der Waals surface area contributed by atoms with E-state index in [-0.39, 0.29) is 1.43 Å². The number of primary amides is 1. The fraction of sp³-hybridized carbons (Fsp3) is 0.545. The number of nitrogens with one attached hydrogen (secondary N) is 1. The number of hydrogen-bond donors (Lipinski definition) is 3. The van der Waals surface area contributed by atoms with Gasteiger partial charge in [-0.15, -0.1) is 0 Å². The van der Waals surface area contributed by atoms with Crippen molar-refractivity contribution >= 4 is 22.6 Å². The first-order valence-corrected chi connectivity index (χ1v) is 10.5. The van der Waals surface area contributed by atoms with Gasteiger partial charge < -0.3 is 26.4 Å². The van der Waals surface area contributed by atoms with Crippen LogP contribution in [0.1, 0.15) is 43.0 Å². The first-order chi connectivity index (χ1) is 14.1. The van der Waals surface area contributed by atoms with E-state index in [0.29, 0.717) is 17.6 Å². The van der Waals surface area contributed by atoms with E-state index in [2.05, 4.69) is 16.0 Å². The van der Waals surface area contributed by atoms with Gasteiger partial charge in [0.1, 0.15) is 5.82 Å². The maximum Gasteiger partial charge on any atom is 0.252 e. The van der Waals surface area contributed by atoms with Gasteiger partial charge in [-0.1, -0.05) is 11.6 Å². The van der Waals surface area contributed by atoms with Crippen molar-refractivity contribution in [2.45, 2.75) is 44.7 Å². The van der Waals surface area contributed by atoms with Crippen molar-refractivity contribution < 1.29 is 11.0 Å². The molecule has 0 bridgehead atoms. The lowest BCUT2D eigenvalue weighted by atomic mass is 10.0. The molecule has 7 nitrogen and oxygen atoms in total. The van der Waals surface area contributed by atoms with Gasteiger partial charge in [0.05, 0.1) is 17.7 Å². The molecule has 1 atom stereocenters. The van der Waals surface area contributed by atoms with Crippen LogP contribution in [0.4, 0.5) is 5.82 Å². The van der Waals surface area contributed by atoms with Gasteiger partial charge in [-0.3, -0.25) is 4.79 Å². The highest BCUT2D eigenvalue weighted by atomic mass is 16.5. The van der Waals surface area contributed by atoms with Gasteiger partial charge in [-0.05, 0) is 57.9 Å². The minimum atomic E-state index is -0.416. The van der Waals surface area contributed by atoms with Gasteiger partial charge in [0.15, 0.2) is 0 Å². The van der Waals surface area contributed by atoms with Gasteiger partial charge in [0, 0.05) is 38.6 Å². The Hall–Kier alpha value is -2.22. The summed E-state index contributed by atoms with van der Waals surface area (Å²) in [7, 11) is 1.50. The van der Waals surface area contributed by atoms with Gasteiger partial charge in [0.2, 0.25) is 0 Å². The number of rotatable bonds is 4. The molecule has 1 aromatic heterocycles. The van der Waals surface area contributed by atoms with E-state index in [1.807, 2.05) is 31.2 Å². The van der Waals surface area contributed by atoms with Gasteiger partial charge >= 0.3 is 0 Å². The molecular weight excluding hydrogens is 366 g/mol. The van der Waals surface area contributed by atoms with Gasteiger partial charge in [0.25, 0.3) is 5.91 Å². The molecule has 3 heterocycles. The molecule has 29 heavy (non-hydrogen) atoms. The van der Waals surface area contributed by atoms with Crippen LogP contribution in [0.15, 0.2) is 24.3 Å². The van der Waals surface area contributed by atoms with E-state index >= 15 is 0 Å². The van der Waals surface area contributed by atoms with Crippen LogP contribution in [0, 0.1) is 6.92 Å². The molecule has 0 saturated carbocycles. The molecule has 0 radical (unpaired) electrons. The molecule has 1 unspecified atom stereocenters. The zero-order valence-corrected chi connectivity index (χ0v) is 17.5. The molecule has 7 heteroatoms. The number of carbonyl (C=O) groups excluding carboxylic acids is 1. The maximum absolute atomic E-state index is 12.0. The van der Waals surface area contributed by atoms with Crippen LogP contribution in [0.3, 0.4) is 0 Å².